The number of carbonyl (C=O) groups excluding carboxylic acids is 2. The molecule has 0 saturated carbocycles. The van der Waals surface area contributed by atoms with Crippen molar-refractivity contribution in [1.82, 2.24) is 0 Å². The van der Waals surface area contributed by atoms with Crippen LogP contribution in [0.3, 0.4) is 0 Å². The fourth-order valence-electron chi connectivity index (χ4n) is 2.52. The summed E-state index contributed by atoms with van der Waals surface area (Å²) in [6.07, 6.45) is 8.23. The molecular weight excluding hydrogens is 216 g/mol. The van der Waals surface area contributed by atoms with Crippen LogP contribution >= 0.6 is 0 Å². The maximum atomic E-state index is 11.6. The van der Waals surface area contributed by atoms with E-state index in [1.165, 1.54) is 12.8 Å². The monoisotopic (exact) mass is 240 g/mol. The number of hydrogen-bond donors (Lipinski definition) is 0. The van der Waals surface area contributed by atoms with Crippen LogP contribution in [-0.4, -0.2) is 11.9 Å². The van der Waals surface area contributed by atoms with E-state index in [2.05, 4.69) is 18.6 Å². The molecule has 0 bridgehead atoms. The van der Waals surface area contributed by atoms with Crippen molar-refractivity contribution in [3.63, 3.8) is 0 Å². The number of esters is 2. The second-order valence-electron chi connectivity index (χ2n) is 5.00. The summed E-state index contributed by atoms with van der Waals surface area (Å²) in [5.41, 5.74) is 0. The summed E-state index contributed by atoms with van der Waals surface area (Å²) in [4.78, 5) is 22.7. The summed E-state index contributed by atoms with van der Waals surface area (Å²) in [6, 6.07) is 0. The fourth-order valence-corrected chi connectivity index (χ4v) is 2.52. The molecule has 98 valence electrons. The summed E-state index contributed by atoms with van der Waals surface area (Å²) in [7, 11) is 0. The predicted octanol–water partition coefficient (Wildman–Crippen LogP) is 3.46. The lowest BCUT2D eigenvalue weighted by molar-refractivity contribution is -0.153. The summed E-state index contributed by atoms with van der Waals surface area (Å²) in [6.45, 7) is 4.33. The van der Waals surface area contributed by atoms with Gasteiger partial charge in [0.2, 0.25) is 0 Å². The average molecular weight is 240 g/mol. The summed E-state index contributed by atoms with van der Waals surface area (Å²) in [5, 5.41) is 0. The van der Waals surface area contributed by atoms with Crippen molar-refractivity contribution in [2.24, 2.45) is 11.8 Å². The normalized spacial score (nSPS) is 21.6. The molecule has 1 fully saturated rings. The zero-order valence-corrected chi connectivity index (χ0v) is 11.0. The minimum atomic E-state index is -0.336. The van der Waals surface area contributed by atoms with Crippen LogP contribution in [0.5, 0.6) is 0 Å². The molecule has 2 unspecified atom stereocenters. The second kappa shape index (κ2) is 7.46. The molecule has 2 atom stereocenters. The SMILES string of the molecule is CCCCCC(CCCC)C1CC(=O)OC1=O. The van der Waals surface area contributed by atoms with Crippen LogP contribution in [-0.2, 0) is 14.3 Å². The number of rotatable bonds is 8. The van der Waals surface area contributed by atoms with Crippen LogP contribution in [0, 0.1) is 11.8 Å². The van der Waals surface area contributed by atoms with E-state index in [9.17, 15) is 9.59 Å². The standard InChI is InChI=1S/C14H24O3/c1-3-5-7-9-11(8-6-4-2)12-10-13(15)17-14(12)16/h11-12H,3-10H2,1-2H3. The van der Waals surface area contributed by atoms with Crippen molar-refractivity contribution < 1.29 is 14.3 Å². The largest absolute Gasteiger partial charge is 0.393 e. The van der Waals surface area contributed by atoms with Crippen molar-refractivity contribution in [1.29, 1.82) is 0 Å². The molecule has 0 N–H and O–H groups in total. The van der Waals surface area contributed by atoms with Gasteiger partial charge in [0.25, 0.3) is 0 Å². The molecule has 0 spiro atoms. The van der Waals surface area contributed by atoms with Crippen LogP contribution in [0.2, 0.25) is 0 Å². The third-order valence-electron chi connectivity index (χ3n) is 3.58. The van der Waals surface area contributed by atoms with Gasteiger partial charge in [-0.1, -0.05) is 46.0 Å². The van der Waals surface area contributed by atoms with E-state index in [4.69, 9.17) is 0 Å². The Morgan fingerprint density at radius 2 is 1.76 bits per heavy atom. The van der Waals surface area contributed by atoms with Gasteiger partial charge in [0.1, 0.15) is 0 Å². The maximum absolute atomic E-state index is 11.6. The molecule has 0 amide bonds. The molecule has 0 radical (unpaired) electrons. The molecule has 0 aromatic heterocycles. The molecule has 1 heterocycles. The van der Waals surface area contributed by atoms with Crippen molar-refractivity contribution in [3.8, 4) is 0 Å². The number of cyclic esters (lactones) is 2. The van der Waals surface area contributed by atoms with Gasteiger partial charge in [-0.3, -0.25) is 9.59 Å². The van der Waals surface area contributed by atoms with E-state index in [-0.39, 0.29) is 17.9 Å². The van der Waals surface area contributed by atoms with E-state index >= 15 is 0 Å². The van der Waals surface area contributed by atoms with Gasteiger partial charge < -0.3 is 4.74 Å². The van der Waals surface area contributed by atoms with E-state index < -0.39 is 0 Å². The first-order valence-corrected chi connectivity index (χ1v) is 6.93. The highest BCUT2D eigenvalue weighted by atomic mass is 16.6. The van der Waals surface area contributed by atoms with Crippen LogP contribution in [0.25, 0.3) is 0 Å². The number of carbonyl (C=O) groups is 2. The molecule has 1 rings (SSSR count). The van der Waals surface area contributed by atoms with Gasteiger partial charge >= 0.3 is 11.9 Å². The Hall–Kier alpha value is -0.860. The van der Waals surface area contributed by atoms with Crippen LogP contribution in [0.4, 0.5) is 0 Å². The first-order chi connectivity index (χ1) is 8.19. The van der Waals surface area contributed by atoms with Crippen LogP contribution < -0.4 is 0 Å². The molecule has 17 heavy (non-hydrogen) atoms. The Labute approximate surface area is 104 Å². The summed E-state index contributed by atoms with van der Waals surface area (Å²) >= 11 is 0. The third kappa shape index (κ3) is 4.49. The fraction of sp³-hybridized carbons (Fsp3) is 0.857. The van der Waals surface area contributed by atoms with Crippen LogP contribution in [0.1, 0.15) is 65.2 Å². The van der Waals surface area contributed by atoms with Gasteiger partial charge in [-0.05, 0) is 18.8 Å². The van der Waals surface area contributed by atoms with Gasteiger partial charge in [0.15, 0.2) is 0 Å². The average Bonchev–Trinajstić information content (AvgIpc) is 2.63. The third-order valence-corrected chi connectivity index (χ3v) is 3.58. The quantitative estimate of drug-likeness (QED) is 0.371. The molecule has 3 heteroatoms. The molecular formula is C14H24O3. The highest BCUT2D eigenvalue weighted by molar-refractivity contribution is 5.94. The lowest BCUT2D eigenvalue weighted by Crippen LogP contribution is -2.19. The lowest BCUT2D eigenvalue weighted by atomic mass is 9.83. The highest BCUT2D eigenvalue weighted by Crippen LogP contribution is 2.32. The van der Waals surface area contributed by atoms with E-state index in [1.807, 2.05) is 0 Å². The van der Waals surface area contributed by atoms with Crippen LogP contribution in [0.15, 0.2) is 0 Å². The summed E-state index contributed by atoms with van der Waals surface area (Å²) in [5.74, 6) is -0.434. The van der Waals surface area contributed by atoms with E-state index in [1.54, 1.807) is 0 Å². The summed E-state index contributed by atoms with van der Waals surface area (Å²) < 4.78 is 4.66. The van der Waals surface area contributed by atoms with Gasteiger partial charge in [-0.15, -0.1) is 0 Å². The zero-order chi connectivity index (χ0) is 12.7. The first-order valence-electron chi connectivity index (χ1n) is 6.93. The maximum Gasteiger partial charge on any atom is 0.317 e. The van der Waals surface area contributed by atoms with Gasteiger partial charge in [0.05, 0.1) is 12.3 Å². The molecule has 1 saturated heterocycles. The topological polar surface area (TPSA) is 43.4 Å². The number of hydrogen-bond acceptors (Lipinski definition) is 3. The Bertz CT molecular complexity index is 260. The zero-order valence-electron chi connectivity index (χ0n) is 11.0. The second-order valence-corrected chi connectivity index (χ2v) is 5.00. The van der Waals surface area contributed by atoms with E-state index in [0.29, 0.717) is 12.3 Å². The Morgan fingerprint density at radius 1 is 1.12 bits per heavy atom. The molecule has 1 aliphatic heterocycles. The van der Waals surface area contributed by atoms with Crippen molar-refractivity contribution in [2.45, 2.75) is 65.2 Å². The first kappa shape index (κ1) is 14.2. The Kier molecular flexibility index (Phi) is 6.23. The van der Waals surface area contributed by atoms with Gasteiger partial charge in [0, 0.05) is 0 Å². The minimum absolute atomic E-state index is 0.161. The Morgan fingerprint density at radius 3 is 2.29 bits per heavy atom. The predicted molar refractivity (Wildman–Crippen MR) is 66.4 cm³/mol. The number of unbranched alkanes of at least 4 members (excludes halogenated alkanes) is 3. The molecule has 0 aliphatic carbocycles. The van der Waals surface area contributed by atoms with Crippen molar-refractivity contribution in [3.05, 3.63) is 0 Å². The Balaban J connectivity index is 2.49. The molecule has 1 aliphatic rings. The van der Waals surface area contributed by atoms with Crippen molar-refractivity contribution >= 4 is 11.9 Å². The molecule has 3 nitrogen and oxygen atoms in total. The molecule has 0 aromatic rings. The highest BCUT2D eigenvalue weighted by Gasteiger charge is 2.38. The number of ether oxygens (including phenoxy) is 1. The van der Waals surface area contributed by atoms with Crippen molar-refractivity contribution in [2.75, 3.05) is 0 Å². The van der Waals surface area contributed by atoms with E-state index in [0.717, 1.165) is 32.1 Å². The molecule has 0 aromatic carbocycles. The lowest BCUT2D eigenvalue weighted by Gasteiger charge is -2.19. The minimum Gasteiger partial charge on any atom is -0.393 e. The van der Waals surface area contributed by atoms with Gasteiger partial charge in [-0.2, -0.15) is 0 Å². The van der Waals surface area contributed by atoms with Gasteiger partial charge in [-0.25, -0.2) is 0 Å². The smallest absolute Gasteiger partial charge is 0.317 e.